The van der Waals surface area contributed by atoms with Crippen molar-refractivity contribution in [2.75, 3.05) is 4.90 Å². The van der Waals surface area contributed by atoms with Crippen molar-refractivity contribution in [2.45, 2.75) is 24.7 Å². The van der Waals surface area contributed by atoms with Crippen LogP contribution in [0, 0.1) is 0 Å². The molecule has 1 spiro atoms. The Kier molecular flexibility index (Phi) is 6.74. The number of rotatable bonds is 4. The molecule has 0 N–H and O–H groups in total. The Morgan fingerprint density at radius 3 is 1.53 bits per heavy atom. The van der Waals surface area contributed by atoms with Crippen LogP contribution in [0.15, 0.2) is 205 Å². The lowest BCUT2D eigenvalue weighted by Crippen LogP contribution is -2.26. The zero-order valence-corrected chi connectivity index (χ0v) is 33.4. The standard InChI is InChI=1S/C58H39NO/c1-57(2)45-20-8-5-18-42(45)55-49(57)24-13-26-51(55)59(38-32-29-36(30-33-38)37-31-34-54-44(35-37)41-17-7-12-28-53(41)60-54)52-27-14-25-50-56(52)43-19-6-11-23-48(43)58(50)46-21-9-3-15-39(46)40-16-4-10-22-47(40)58/h3-35H,1-2H3. The van der Waals surface area contributed by atoms with Crippen LogP contribution in [0.1, 0.15) is 47.2 Å². The maximum atomic E-state index is 6.20. The van der Waals surface area contributed by atoms with Gasteiger partial charge >= 0.3 is 0 Å². The molecule has 0 bridgehead atoms. The normalized spacial score (nSPS) is 14.4. The van der Waals surface area contributed by atoms with E-state index in [2.05, 4.69) is 207 Å². The molecule has 9 aromatic carbocycles. The summed E-state index contributed by atoms with van der Waals surface area (Å²) < 4.78 is 6.20. The molecule has 0 saturated carbocycles. The Labute approximate surface area is 349 Å². The number of fused-ring (bicyclic) bond motifs is 16. The van der Waals surface area contributed by atoms with Crippen LogP contribution in [0.2, 0.25) is 0 Å². The summed E-state index contributed by atoms with van der Waals surface area (Å²) >= 11 is 0. The fourth-order valence-corrected chi connectivity index (χ4v) is 11.3. The van der Waals surface area contributed by atoms with Crippen molar-refractivity contribution < 1.29 is 4.42 Å². The molecule has 0 fully saturated rings. The van der Waals surface area contributed by atoms with Crippen molar-refractivity contribution >= 4 is 39.0 Å². The van der Waals surface area contributed by atoms with Gasteiger partial charge < -0.3 is 9.32 Å². The quantitative estimate of drug-likeness (QED) is 0.177. The monoisotopic (exact) mass is 765 g/mol. The summed E-state index contributed by atoms with van der Waals surface area (Å²) in [6.45, 7) is 4.74. The third-order valence-corrected chi connectivity index (χ3v) is 13.9. The molecule has 282 valence electrons. The van der Waals surface area contributed by atoms with Gasteiger partial charge in [0.05, 0.1) is 16.8 Å². The van der Waals surface area contributed by atoms with E-state index in [9.17, 15) is 0 Å². The van der Waals surface area contributed by atoms with E-state index in [1.807, 2.05) is 12.1 Å². The average Bonchev–Trinajstić information content (AvgIpc) is 3.99. The molecule has 0 saturated heterocycles. The fourth-order valence-electron chi connectivity index (χ4n) is 11.3. The summed E-state index contributed by atoms with van der Waals surface area (Å²) in [5, 5.41) is 2.28. The van der Waals surface area contributed by atoms with Gasteiger partial charge in [-0.2, -0.15) is 0 Å². The predicted molar refractivity (Wildman–Crippen MR) is 248 cm³/mol. The van der Waals surface area contributed by atoms with Crippen LogP contribution >= 0.6 is 0 Å². The second-order valence-corrected chi connectivity index (χ2v) is 17.1. The van der Waals surface area contributed by atoms with Gasteiger partial charge in [-0.15, -0.1) is 0 Å². The lowest BCUT2D eigenvalue weighted by Gasteiger charge is -2.32. The van der Waals surface area contributed by atoms with Crippen LogP contribution in [0.4, 0.5) is 17.1 Å². The van der Waals surface area contributed by atoms with Crippen LogP contribution < -0.4 is 4.90 Å². The Morgan fingerprint density at radius 2 is 0.850 bits per heavy atom. The van der Waals surface area contributed by atoms with Crippen LogP contribution in [0.25, 0.3) is 66.4 Å². The number of furan rings is 1. The Balaban J connectivity index is 1.07. The number of anilines is 3. The van der Waals surface area contributed by atoms with Gasteiger partial charge in [-0.25, -0.2) is 0 Å². The maximum absolute atomic E-state index is 6.20. The lowest BCUT2D eigenvalue weighted by atomic mass is 9.70. The van der Waals surface area contributed by atoms with Gasteiger partial charge in [0.1, 0.15) is 11.2 Å². The largest absolute Gasteiger partial charge is 0.456 e. The molecule has 0 atom stereocenters. The number of hydrogen-bond donors (Lipinski definition) is 0. The van der Waals surface area contributed by atoms with Gasteiger partial charge in [0.15, 0.2) is 0 Å². The second-order valence-electron chi connectivity index (χ2n) is 17.1. The van der Waals surface area contributed by atoms with E-state index in [4.69, 9.17) is 4.42 Å². The summed E-state index contributed by atoms with van der Waals surface area (Å²) in [5.41, 5.74) is 22.9. The second kappa shape index (κ2) is 12.1. The summed E-state index contributed by atoms with van der Waals surface area (Å²) in [7, 11) is 0. The van der Waals surface area contributed by atoms with Crippen molar-refractivity contribution in [1.82, 2.24) is 0 Å². The van der Waals surface area contributed by atoms with Crippen molar-refractivity contribution in [1.29, 1.82) is 0 Å². The third-order valence-electron chi connectivity index (χ3n) is 13.9. The summed E-state index contributed by atoms with van der Waals surface area (Å²) in [6.07, 6.45) is 0. The van der Waals surface area contributed by atoms with Crippen LogP contribution in [0.3, 0.4) is 0 Å². The van der Waals surface area contributed by atoms with Gasteiger partial charge in [-0.1, -0.05) is 172 Å². The Morgan fingerprint density at radius 1 is 0.367 bits per heavy atom. The summed E-state index contributed by atoms with van der Waals surface area (Å²) in [5.74, 6) is 0. The molecule has 3 aliphatic rings. The molecule has 0 aliphatic heterocycles. The highest BCUT2D eigenvalue weighted by atomic mass is 16.3. The van der Waals surface area contributed by atoms with E-state index in [-0.39, 0.29) is 5.41 Å². The predicted octanol–water partition coefficient (Wildman–Crippen LogP) is 15.4. The smallest absolute Gasteiger partial charge is 0.135 e. The van der Waals surface area contributed by atoms with Crippen molar-refractivity contribution in [2.24, 2.45) is 0 Å². The highest BCUT2D eigenvalue weighted by Gasteiger charge is 2.52. The first-order valence-electron chi connectivity index (χ1n) is 21.0. The van der Waals surface area contributed by atoms with E-state index in [1.54, 1.807) is 0 Å². The molecule has 2 heteroatoms. The first-order valence-corrected chi connectivity index (χ1v) is 21.0. The van der Waals surface area contributed by atoms with Gasteiger partial charge in [0.25, 0.3) is 0 Å². The van der Waals surface area contributed by atoms with E-state index in [1.165, 1.54) is 83.7 Å². The van der Waals surface area contributed by atoms with Crippen molar-refractivity contribution in [3.63, 3.8) is 0 Å². The molecule has 0 unspecified atom stereocenters. The van der Waals surface area contributed by atoms with Crippen molar-refractivity contribution in [3.05, 3.63) is 234 Å². The van der Waals surface area contributed by atoms with Crippen molar-refractivity contribution in [3.8, 4) is 44.5 Å². The molecule has 3 aliphatic carbocycles. The summed E-state index contributed by atoms with van der Waals surface area (Å²) in [4.78, 5) is 2.55. The van der Waals surface area contributed by atoms with Gasteiger partial charge in [-0.05, 0) is 109 Å². The highest BCUT2D eigenvalue weighted by Crippen LogP contribution is 2.65. The van der Waals surface area contributed by atoms with E-state index in [0.29, 0.717) is 0 Å². The fraction of sp³-hybridized carbons (Fsp3) is 0.0690. The number of para-hydroxylation sites is 1. The first kappa shape index (κ1) is 33.5. The van der Waals surface area contributed by atoms with Gasteiger partial charge in [0, 0.05) is 33.0 Å². The Hall–Kier alpha value is -7.42. The highest BCUT2D eigenvalue weighted by molar-refractivity contribution is 6.07. The average molecular weight is 766 g/mol. The molecule has 2 nitrogen and oxygen atoms in total. The zero-order valence-electron chi connectivity index (χ0n) is 33.4. The minimum absolute atomic E-state index is 0.139. The van der Waals surface area contributed by atoms with Crippen LogP contribution in [-0.4, -0.2) is 0 Å². The SMILES string of the molecule is CC1(C)c2ccccc2-c2c(N(c3ccc(-c4ccc5oc6ccccc6c5c4)cc3)c3cccc4c3-c3ccccc3C43c4ccccc4-c4ccccc43)cccc21. The van der Waals surface area contributed by atoms with E-state index < -0.39 is 5.41 Å². The van der Waals surface area contributed by atoms with E-state index in [0.717, 1.165) is 33.2 Å². The molecular weight excluding hydrogens is 727 g/mol. The molecule has 1 heterocycles. The molecule has 60 heavy (non-hydrogen) atoms. The molecule has 0 amide bonds. The molecular formula is C58H39NO. The molecule has 10 aromatic rings. The minimum Gasteiger partial charge on any atom is -0.456 e. The van der Waals surface area contributed by atoms with Crippen LogP contribution in [0.5, 0.6) is 0 Å². The van der Waals surface area contributed by atoms with Gasteiger partial charge in [0.2, 0.25) is 0 Å². The maximum Gasteiger partial charge on any atom is 0.135 e. The topological polar surface area (TPSA) is 16.4 Å². The first-order chi connectivity index (χ1) is 29.5. The molecule has 0 radical (unpaired) electrons. The van der Waals surface area contributed by atoms with Crippen LogP contribution in [-0.2, 0) is 10.8 Å². The van der Waals surface area contributed by atoms with Gasteiger partial charge in [-0.3, -0.25) is 0 Å². The number of benzene rings is 9. The Bertz CT molecular complexity index is 3370. The zero-order chi connectivity index (χ0) is 39.7. The minimum atomic E-state index is -0.437. The van der Waals surface area contributed by atoms with E-state index >= 15 is 0 Å². The lowest BCUT2D eigenvalue weighted by molar-refractivity contribution is 0.660. The number of nitrogens with zero attached hydrogens (tertiary/aromatic N) is 1. The molecule has 13 rings (SSSR count). The summed E-state index contributed by atoms with van der Waals surface area (Å²) in [6, 6.07) is 74.3. The number of hydrogen-bond acceptors (Lipinski definition) is 2. The third kappa shape index (κ3) is 4.27. The molecule has 1 aromatic heterocycles.